The van der Waals surface area contributed by atoms with E-state index in [1.54, 1.807) is 0 Å². The molecule has 154 valence electrons. The van der Waals surface area contributed by atoms with E-state index in [9.17, 15) is 9.59 Å². The molecule has 2 aromatic rings. The fourth-order valence-electron chi connectivity index (χ4n) is 3.68. The highest BCUT2D eigenvalue weighted by Crippen LogP contribution is 2.22. The third kappa shape index (κ3) is 5.99. The van der Waals surface area contributed by atoms with Gasteiger partial charge in [-0.2, -0.15) is 0 Å². The molecule has 29 heavy (non-hydrogen) atoms. The van der Waals surface area contributed by atoms with Gasteiger partial charge < -0.3 is 10.1 Å². The summed E-state index contributed by atoms with van der Waals surface area (Å²) in [4.78, 5) is 27.2. The number of nitrogens with zero attached hydrogens (tertiary/aromatic N) is 1. The third-order valence-electron chi connectivity index (χ3n) is 5.47. The lowest BCUT2D eigenvalue weighted by Crippen LogP contribution is -2.43. The first-order chi connectivity index (χ1) is 14.0. The predicted molar refractivity (Wildman–Crippen MR) is 114 cm³/mol. The number of nitrogens with one attached hydrogen (secondary N) is 1. The van der Waals surface area contributed by atoms with Crippen molar-refractivity contribution in [1.29, 1.82) is 0 Å². The quantitative estimate of drug-likeness (QED) is 0.697. The van der Waals surface area contributed by atoms with Gasteiger partial charge in [-0.15, -0.1) is 0 Å². The molecule has 1 amide bonds. The molecule has 1 heterocycles. The van der Waals surface area contributed by atoms with Gasteiger partial charge in [0.2, 0.25) is 5.91 Å². The number of benzene rings is 2. The Hall–Kier alpha value is -2.50. The van der Waals surface area contributed by atoms with Gasteiger partial charge in [-0.05, 0) is 25.0 Å². The van der Waals surface area contributed by atoms with Crippen molar-refractivity contribution >= 4 is 11.7 Å². The second-order valence-corrected chi connectivity index (χ2v) is 7.62. The van der Waals surface area contributed by atoms with Gasteiger partial charge in [-0.3, -0.25) is 14.5 Å². The number of Topliss-reactive ketones (excluding diaryl/α,β-unsaturated/α-hetero) is 1. The molecule has 1 saturated heterocycles. The Balaban J connectivity index is 1.57. The average molecular weight is 395 g/mol. The average Bonchev–Trinajstić information content (AvgIpc) is 2.74. The van der Waals surface area contributed by atoms with Crippen molar-refractivity contribution in [3.8, 4) is 0 Å². The summed E-state index contributed by atoms with van der Waals surface area (Å²) in [5, 5.41) is 3.04. The molecule has 0 bridgehead atoms. The molecule has 5 nitrogen and oxygen atoms in total. The van der Waals surface area contributed by atoms with E-state index in [-0.39, 0.29) is 30.6 Å². The Kier molecular flexibility index (Phi) is 7.55. The zero-order valence-corrected chi connectivity index (χ0v) is 17.3. The molecule has 1 aliphatic heterocycles. The molecule has 0 aliphatic carbocycles. The Labute approximate surface area is 173 Å². The maximum atomic E-state index is 12.4. The van der Waals surface area contributed by atoms with Crippen molar-refractivity contribution in [2.75, 3.05) is 32.8 Å². The predicted octanol–water partition coefficient (Wildman–Crippen LogP) is 3.46. The summed E-state index contributed by atoms with van der Waals surface area (Å²) < 4.78 is 5.48. The summed E-state index contributed by atoms with van der Waals surface area (Å²) >= 11 is 0. The first-order valence-electron chi connectivity index (χ1n) is 10.3. The fourth-order valence-corrected chi connectivity index (χ4v) is 3.68. The van der Waals surface area contributed by atoms with E-state index in [4.69, 9.17) is 4.74 Å². The van der Waals surface area contributed by atoms with E-state index >= 15 is 0 Å². The number of carbonyl (C=O) groups excluding carboxylic acids is 2. The minimum absolute atomic E-state index is 0.0153. The smallest absolute Gasteiger partial charge is 0.220 e. The van der Waals surface area contributed by atoms with Crippen molar-refractivity contribution in [1.82, 2.24) is 10.2 Å². The summed E-state index contributed by atoms with van der Waals surface area (Å²) in [7, 11) is 0. The molecule has 1 aliphatic rings. The Morgan fingerprint density at radius 2 is 1.69 bits per heavy atom. The molecule has 0 radical (unpaired) electrons. The molecule has 1 fully saturated rings. The van der Waals surface area contributed by atoms with Gasteiger partial charge in [0.05, 0.1) is 19.3 Å². The number of amides is 1. The van der Waals surface area contributed by atoms with E-state index in [1.807, 2.05) is 31.2 Å². The summed E-state index contributed by atoms with van der Waals surface area (Å²) in [5.74, 6) is -0.0705. The zero-order chi connectivity index (χ0) is 20.6. The summed E-state index contributed by atoms with van der Waals surface area (Å²) in [6.07, 6.45) is 0.431. The maximum absolute atomic E-state index is 12.4. The Morgan fingerprint density at radius 3 is 2.38 bits per heavy atom. The monoisotopic (exact) mass is 394 g/mol. The minimum atomic E-state index is -0.0858. The van der Waals surface area contributed by atoms with Gasteiger partial charge in [0.15, 0.2) is 5.78 Å². The van der Waals surface area contributed by atoms with Gasteiger partial charge in [0, 0.05) is 38.0 Å². The molecule has 1 N–H and O–H groups in total. The summed E-state index contributed by atoms with van der Waals surface area (Å²) in [5.41, 5.74) is 4.05. The van der Waals surface area contributed by atoms with Crippen LogP contribution in [0.4, 0.5) is 0 Å². The van der Waals surface area contributed by atoms with Crippen LogP contribution in [0.25, 0.3) is 0 Å². The van der Waals surface area contributed by atoms with E-state index < -0.39 is 0 Å². The second-order valence-electron chi connectivity index (χ2n) is 7.62. The van der Waals surface area contributed by atoms with E-state index in [0.29, 0.717) is 25.3 Å². The number of ketones is 1. The van der Waals surface area contributed by atoms with Gasteiger partial charge in [-0.1, -0.05) is 54.1 Å². The van der Waals surface area contributed by atoms with Gasteiger partial charge in [0.25, 0.3) is 0 Å². The Bertz CT molecular complexity index is 826. The topological polar surface area (TPSA) is 58.6 Å². The molecule has 0 saturated carbocycles. The second kappa shape index (κ2) is 10.3. The van der Waals surface area contributed by atoms with E-state index in [2.05, 4.69) is 41.4 Å². The van der Waals surface area contributed by atoms with Crippen LogP contribution in [0.2, 0.25) is 0 Å². The molecular formula is C24H30N2O3. The molecule has 1 unspecified atom stereocenters. The van der Waals surface area contributed by atoms with Crippen LogP contribution in [-0.2, 0) is 9.53 Å². The first-order valence-corrected chi connectivity index (χ1v) is 10.3. The van der Waals surface area contributed by atoms with Crippen molar-refractivity contribution < 1.29 is 14.3 Å². The lowest BCUT2D eigenvalue weighted by Gasteiger charge is -2.35. The molecule has 1 atom stereocenters. The number of hydrogen-bond acceptors (Lipinski definition) is 4. The van der Waals surface area contributed by atoms with Crippen molar-refractivity contribution in [2.45, 2.75) is 32.7 Å². The van der Waals surface area contributed by atoms with E-state index in [0.717, 1.165) is 18.7 Å². The van der Waals surface area contributed by atoms with Crippen molar-refractivity contribution in [3.63, 3.8) is 0 Å². The molecular weight excluding hydrogens is 364 g/mol. The zero-order valence-electron chi connectivity index (χ0n) is 17.3. The molecule has 0 spiro atoms. The molecule has 2 aromatic carbocycles. The van der Waals surface area contributed by atoms with Crippen LogP contribution in [-0.4, -0.2) is 49.4 Å². The summed E-state index contributed by atoms with van der Waals surface area (Å²) in [6, 6.07) is 16.1. The lowest BCUT2D eigenvalue weighted by molar-refractivity contribution is -0.121. The number of carbonyl (C=O) groups is 2. The minimum Gasteiger partial charge on any atom is -0.379 e. The maximum Gasteiger partial charge on any atom is 0.220 e. The van der Waals surface area contributed by atoms with Crippen LogP contribution in [0.3, 0.4) is 0 Å². The number of aryl methyl sites for hydroxylation is 2. The van der Waals surface area contributed by atoms with Gasteiger partial charge in [-0.25, -0.2) is 0 Å². The van der Waals surface area contributed by atoms with Crippen LogP contribution in [0.1, 0.15) is 45.9 Å². The largest absolute Gasteiger partial charge is 0.379 e. The highest BCUT2D eigenvalue weighted by Gasteiger charge is 2.23. The number of morpholine rings is 1. The lowest BCUT2D eigenvalue weighted by atomic mass is 10.0. The van der Waals surface area contributed by atoms with Gasteiger partial charge in [0.1, 0.15) is 0 Å². The SMILES string of the molecule is Cc1ccc(C(CNC(=O)CCC(=O)c2ccccc2C)N2CCOCC2)cc1. The van der Waals surface area contributed by atoms with Crippen LogP contribution in [0.5, 0.6) is 0 Å². The van der Waals surface area contributed by atoms with Crippen LogP contribution < -0.4 is 5.32 Å². The standard InChI is InChI=1S/C24H30N2O3/c1-18-7-9-20(10-8-18)22(26-13-15-29-16-14-26)17-25-24(28)12-11-23(27)21-6-4-3-5-19(21)2/h3-10,22H,11-17H2,1-2H3,(H,25,28). The Morgan fingerprint density at radius 1 is 1.00 bits per heavy atom. The summed E-state index contributed by atoms with van der Waals surface area (Å²) in [6.45, 7) is 7.63. The highest BCUT2D eigenvalue weighted by molar-refractivity contribution is 5.99. The number of hydrogen-bond donors (Lipinski definition) is 1. The van der Waals surface area contributed by atoms with Crippen LogP contribution in [0, 0.1) is 13.8 Å². The molecule has 5 heteroatoms. The first kappa shape index (κ1) is 21.2. The van der Waals surface area contributed by atoms with Crippen molar-refractivity contribution in [3.05, 3.63) is 70.8 Å². The normalized spacial score (nSPS) is 15.7. The van der Waals surface area contributed by atoms with Crippen molar-refractivity contribution in [2.24, 2.45) is 0 Å². The van der Waals surface area contributed by atoms with Gasteiger partial charge >= 0.3 is 0 Å². The molecule has 3 rings (SSSR count). The molecule has 0 aromatic heterocycles. The van der Waals surface area contributed by atoms with Crippen LogP contribution >= 0.6 is 0 Å². The number of ether oxygens (including phenoxy) is 1. The highest BCUT2D eigenvalue weighted by atomic mass is 16.5. The third-order valence-corrected chi connectivity index (χ3v) is 5.47. The van der Waals surface area contributed by atoms with E-state index in [1.165, 1.54) is 11.1 Å². The fraction of sp³-hybridized carbons (Fsp3) is 0.417. The van der Waals surface area contributed by atoms with Crippen LogP contribution in [0.15, 0.2) is 48.5 Å². The number of rotatable bonds is 8.